The zero-order chi connectivity index (χ0) is 28.2. The standard InChI is InChI=1S/C33H30N2O4S/c1-5-21-14-16-22(17-15-21)29-20(3)40-32(30(29)33(37)38-4)35-31(36)26-19-28(34-27-13-8-7-12-25(26)27)23-10-9-11-24(18-23)39-6-2/h7-19H,5-6H2,1-4H3,(H,35,36). The SMILES string of the molecule is CCOc1cccc(-c2cc(C(=O)Nc3sc(C)c(-c4ccc(CC)cc4)c3C(=O)OC)c3ccccc3n2)c1. The smallest absolute Gasteiger partial charge is 0.341 e. The molecule has 40 heavy (non-hydrogen) atoms. The number of benzene rings is 3. The number of carbonyl (C=O) groups is 2. The van der Waals surface area contributed by atoms with Gasteiger partial charge < -0.3 is 14.8 Å². The topological polar surface area (TPSA) is 77.5 Å². The van der Waals surface area contributed by atoms with Crippen LogP contribution in [0.2, 0.25) is 0 Å². The summed E-state index contributed by atoms with van der Waals surface area (Å²) in [6.45, 7) is 6.53. The van der Waals surface area contributed by atoms with Gasteiger partial charge in [-0.05, 0) is 55.7 Å². The second-order valence-electron chi connectivity index (χ2n) is 9.27. The number of methoxy groups -OCH3 is 1. The maximum Gasteiger partial charge on any atom is 0.341 e. The van der Waals surface area contributed by atoms with Gasteiger partial charge in [0.1, 0.15) is 16.3 Å². The molecule has 7 heteroatoms. The van der Waals surface area contributed by atoms with Gasteiger partial charge in [-0.3, -0.25) is 4.79 Å². The Bertz CT molecular complexity index is 1710. The number of nitrogens with zero attached hydrogens (tertiary/aromatic N) is 1. The van der Waals surface area contributed by atoms with Crippen LogP contribution in [0.15, 0.2) is 78.9 Å². The second kappa shape index (κ2) is 11.7. The van der Waals surface area contributed by atoms with Crippen LogP contribution in [0.1, 0.15) is 45.0 Å². The molecule has 0 aliphatic rings. The van der Waals surface area contributed by atoms with Gasteiger partial charge in [0.15, 0.2) is 0 Å². The summed E-state index contributed by atoms with van der Waals surface area (Å²) in [4.78, 5) is 32.6. The Morgan fingerprint density at radius 2 is 1.70 bits per heavy atom. The first-order valence-corrected chi connectivity index (χ1v) is 14.0. The molecule has 0 radical (unpaired) electrons. The largest absolute Gasteiger partial charge is 0.494 e. The van der Waals surface area contributed by atoms with Crippen LogP contribution in [-0.2, 0) is 11.2 Å². The second-order valence-corrected chi connectivity index (χ2v) is 10.5. The molecule has 0 spiro atoms. The normalized spacial score (nSPS) is 10.9. The Balaban J connectivity index is 1.58. The van der Waals surface area contributed by atoms with E-state index in [4.69, 9.17) is 14.5 Å². The summed E-state index contributed by atoms with van der Waals surface area (Å²) in [6, 6.07) is 25.1. The number of ether oxygens (including phenoxy) is 2. The number of carbonyl (C=O) groups excluding carboxylic acids is 2. The van der Waals surface area contributed by atoms with Crippen molar-refractivity contribution in [3.63, 3.8) is 0 Å². The van der Waals surface area contributed by atoms with Crippen LogP contribution in [0.5, 0.6) is 5.75 Å². The molecule has 0 bridgehead atoms. The number of aryl methyl sites for hydroxylation is 2. The van der Waals surface area contributed by atoms with Gasteiger partial charge in [-0.2, -0.15) is 0 Å². The maximum atomic E-state index is 13.9. The summed E-state index contributed by atoms with van der Waals surface area (Å²) in [6.07, 6.45) is 0.922. The van der Waals surface area contributed by atoms with E-state index in [9.17, 15) is 9.59 Å². The van der Waals surface area contributed by atoms with Crippen LogP contribution in [0.4, 0.5) is 5.00 Å². The van der Waals surface area contributed by atoms with E-state index < -0.39 is 5.97 Å². The number of hydrogen-bond donors (Lipinski definition) is 1. The minimum atomic E-state index is -0.498. The summed E-state index contributed by atoms with van der Waals surface area (Å²) in [5.74, 6) is -0.0976. The molecule has 0 saturated carbocycles. The molecule has 3 aromatic carbocycles. The number of rotatable bonds is 8. The molecule has 0 aliphatic carbocycles. The number of para-hydroxylation sites is 1. The number of amides is 1. The van der Waals surface area contributed by atoms with E-state index in [-0.39, 0.29) is 5.91 Å². The van der Waals surface area contributed by atoms with Gasteiger partial charge >= 0.3 is 5.97 Å². The van der Waals surface area contributed by atoms with Crippen molar-refractivity contribution in [2.45, 2.75) is 27.2 Å². The molecular formula is C33H30N2O4S. The lowest BCUT2D eigenvalue weighted by Crippen LogP contribution is -2.15. The first-order chi connectivity index (χ1) is 19.4. The molecule has 0 saturated heterocycles. The van der Waals surface area contributed by atoms with E-state index in [2.05, 4.69) is 24.4 Å². The molecule has 1 amide bonds. The molecule has 202 valence electrons. The van der Waals surface area contributed by atoms with Crippen molar-refractivity contribution in [2.75, 3.05) is 19.0 Å². The third-order valence-electron chi connectivity index (χ3n) is 6.75. The van der Waals surface area contributed by atoms with E-state index in [0.717, 1.165) is 33.7 Å². The molecule has 1 N–H and O–H groups in total. The fraction of sp³-hybridized carbons (Fsp3) is 0.182. The minimum absolute atomic E-state index is 0.333. The predicted molar refractivity (Wildman–Crippen MR) is 162 cm³/mol. The van der Waals surface area contributed by atoms with Crippen LogP contribution in [0.25, 0.3) is 33.3 Å². The van der Waals surface area contributed by atoms with Crippen molar-refractivity contribution in [2.24, 2.45) is 0 Å². The van der Waals surface area contributed by atoms with Crippen molar-refractivity contribution in [1.29, 1.82) is 0 Å². The minimum Gasteiger partial charge on any atom is -0.494 e. The number of fused-ring (bicyclic) bond motifs is 1. The van der Waals surface area contributed by atoms with E-state index >= 15 is 0 Å². The third-order valence-corrected chi connectivity index (χ3v) is 7.77. The predicted octanol–water partition coefficient (Wildman–Crippen LogP) is 7.94. The van der Waals surface area contributed by atoms with E-state index in [1.54, 1.807) is 6.07 Å². The summed E-state index contributed by atoms with van der Waals surface area (Å²) >= 11 is 1.36. The van der Waals surface area contributed by atoms with Crippen LogP contribution in [0, 0.1) is 6.92 Å². The number of aromatic nitrogens is 1. The maximum absolute atomic E-state index is 13.9. The highest BCUT2D eigenvalue weighted by molar-refractivity contribution is 7.17. The van der Waals surface area contributed by atoms with E-state index in [1.807, 2.05) is 74.5 Å². The highest BCUT2D eigenvalue weighted by Crippen LogP contribution is 2.41. The Morgan fingerprint density at radius 1 is 0.925 bits per heavy atom. The fourth-order valence-electron chi connectivity index (χ4n) is 4.78. The van der Waals surface area contributed by atoms with Crippen molar-refractivity contribution < 1.29 is 19.1 Å². The molecule has 0 aliphatic heterocycles. The molecule has 5 aromatic rings. The van der Waals surface area contributed by atoms with Crippen molar-refractivity contribution >= 4 is 39.1 Å². The number of hydrogen-bond acceptors (Lipinski definition) is 6. The zero-order valence-corrected chi connectivity index (χ0v) is 23.7. The summed E-state index contributed by atoms with van der Waals surface area (Å²) in [5, 5.41) is 4.19. The van der Waals surface area contributed by atoms with Crippen LogP contribution in [0.3, 0.4) is 0 Å². The van der Waals surface area contributed by atoms with Gasteiger partial charge in [0, 0.05) is 21.4 Å². The van der Waals surface area contributed by atoms with Gasteiger partial charge in [0.25, 0.3) is 5.91 Å². The number of nitrogens with one attached hydrogen (secondary N) is 1. The van der Waals surface area contributed by atoms with Crippen LogP contribution in [-0.4, -0.2) is 30.6 Å². The first kappa shape index (κ1) is 27.1. The summed E-state index contributed by atoms with van der Waals surface area (Å²) < 4.78 is 10.8. The fourth-order valence-corrected chi connectivity index (χ4v) is 5.84. The number of pyridine rings is 1. The monoisotopic (exact) mass is 550 g/mol. The van der Waals surface area contributed by atoms with Crippen molar-refractivity contribution in [3.05, 3.63) is 100 Å². The Kier molecular flexibility index (Phi) is 7.94. The highest BCUT2D eigenvalue weighted by atomic mass is 32.1. The molecular weight excluding hydrogens is 520 g/mol. The number of thiophene rings is 1. The third kappa shape index (κ3) is 5.33. The van der Waals surface area contributed by atoms with Crippen LogP contribution >= 0.6 is 11.3 Å². The molecule has 0 atom stereocenters. The molecule has 2 heterocycles. The van der Waals surface area contributed by atoms with Crippen molar-refractivity contribution in [1.82, 2.24) is 4.98 Å². The average molecular weight is 551 g/mol. The Morgan fingerprint density at radius 3 is 2.42 bits per heavy atom. The molecule has 6 nitrogen and oxygen atoms in total. The quantitative estimate of drug-likeness (QED) is 0.199. The molecule has 0 unspecified atom stereocenters. The Labute approximate surface area is 237 Å². The van der Waals surface area contributed by atoms with Gasteiger partial charge in [0.2, 0.25) is 0 Å². The van der Waals surface area contributed by atoms with Gasteiger partial charge in [-0.1, -0.05) is 61.5 Å². The van der Waals surface area contributed by atoms with Gasteiger partial charge in [-0.15, -0.1) is 11.3 Å². The lowest BCUT2D eigenvalue weighted by molar-refractivity contribution is 0.0603. The lowest BCUT2D eigenvalue weighted by Gasteiger charge is -2.12. The molecule has 5 rings (SSSR count). The Hall–Kier alpha value is -4.49. The first-order valence-electron chi connectivity index (χ1n) is 13.2. The molecule has 2 aromatic heterocycles. The van der Waals surface area contributed by atoms with Crippen LogP contribution < -0.4 is 10.1 Å². The van der Waals surface area contributed by atoms with Gasteiger partial charge in [-0.25, -0.2) is 9.78 Å². The van der Waals surface area contributed by atoms with E-state index in [1.165, 1.54) is 24.0 Å². The zero-order valence-electron chi connectivity index (χ0n) is 22.9. The van der Waals surface area contributed by atoms with E-state index in [0.29, 0.717) is 39.3 Å². The summed E-state index contributed by atoms with van der Waals surface area (Å²) in [5.41, 5.74) is 5.86. The molecule has 0 fully saturated rings. The number of esters is 1. The lowest BCUT2D eigenvalue weighted by atomic mass is 9.99. The number of anilines is 1. The highest BCUT2D eigenvalue weighted by Gasteiger charge is 2.26. The van der Waals surface area contributed by atoms with Crippen molar-refractivity contribution in [3.8, 4) is 28.1 Å². The van der Waals surface area contributed by atoms with Gasteiger partial charge in [0.05, 0.1) is 30.5 Å². The average Bonchev–Trinajstić information content (AvgIpc) is 3.31. The summed E-state index contributed by atoms with van der Waals surface area (Å²) in [7, 11) is 1.35.